The van der Waals surface area contributed by atoms with E-state index in [-0.39, 0.29) is 18.2 Å². The van der Waals surface area contributed by atoms with Crippen molar-refractivity contribution in [3.63, 3.8) is 0 Å². The van der Waals surface area contributed by atoms with Crippen molar-refractivity contribution in [1.82, 2.24) is 5.32 Å². The van der Waals surface area contributed by atoms with E-state index < -0.39 is 11.4 Å². The largest absolute Gasteiger partial charge is 0.481 e. The van der Waals surface area contributed by atoms with E-state index in [1.165, 1.54) is 11.8 Å². The van der Waals surface area contributed by atoms with Crippen LogP contribution in [0.4, 0.5) is 0 Å². The second kappa shape index (κ2) is 7.55. The first-order valence-corrected chi connectivity index (χ1v) is 7.62. The van der Waals surface area contributed by atoms with Crippen molar-refractivity contribution in [2.75, 3.05) is 12.3 Å². The van der Waals surface area contributed by atoms with Crippen LogP contribution in [-0.4, -0.2) is 29.3 Å². The number of aliphatic carboxylic acids is 1. The van der Waals surface area contributed by atoms with Crippen LogP contribution in [0.1, 0.15) is 20.3 Å². The number of nitrogens with one attached hydrogen (secondary N) is 1. The minimum atomic E-state index is -0.916. The Morgan fingerprint density at radius 3 is 2.45 bits per heavy atom. The Hall–Kier alpha value is -1.20. The fourth-order valence-electron chi connectivity index (χ4n) is 1.38. The lowest BCUT2D eigenvalue weighted by molar-refractivity contribution is -0.148. The van der Waals surface area contributed by atoms with Gasteiger partial charge < -0.3 is 10.4 Å². The van der Waals surface area contributed by atoms with E-state index in [1.54, 1.807) is 26.0 Å². The normalized spacial score (nSPS) is 13.6. The van der Waals surface area contributed by atoms with Crippen LogP contribution in [0.3, 0.4) is 0 Å². The van der Waals surface area contributed by atoms with Crippen molar-refractivity contribution in [3.8, 4) is 0 Å². The standard InChI is InChI=1S/C14H18ClNO3S/c1-3-14(2,13(18)19)9-16-12(17)8-20-11-6-4-10(15)5-7-11/h4-7H,3,8-9H2,1-2H3,(H,16,17)(H,18,19). The molecule has 2 N–H and O–H groups in total. The topological polar surface area (TPSA) is 66.4 Å². The Kier molecular flexibility index (Phi) is 6.36. The molecule has 0 aliphatic heterocycles. The number of amides is 1. The summed E-state index contributed by atoms with van der Waals surface area (Å²) >= 11 is 7.16. The zero-order valence-electron chi connectivity index (χ0n) is 11.5. The average Bonchev–Trinajstić information content (AvgIpc) is 2.43. The van der Waals surface area contributed by atoms with Crippen molar-refractivity contribution >= 4 is 35.2 Å². The predicted octanol–water partition coefficient (Wildman–Crippen LogP) is 3.05. The Morgan fingerprint density at radius 1 is 1.35 bits per heavy atom. The molecule has 0 fully saturated rings. The van der Waals surface area contributed by atoms with Gasteiger partial charge in [0, 0.05) is 16.5 Å². The van der Waals surface area contributed by atoms with Crippen molar-refractivity contribution < 1.29 is 14.7 Å². The zero-order valence-corrected chi connectivity index (χ0v) is 13.1. The monoisotopic (exact) mass is 315 g/mol. The quantitative estimate of drug-likeness (QED) is 0.759. The average molecular weight is 316 g/mol. The van der Waals surface area contributed by atoms with Gasteiger partial charge in [-0.05, 0) is 37.6 Å². The molecule has 0 spiro atoms. The maximum Gasteiger partial charge on any atom is 0.311 e. The smallest absolute Gasteiger partial charge is 0.311 e. The summed E-state index contributed by atoms with van der Waals surface area (Å²) in [5, 5.41) is 12.4. The zero-order chi connectivity index (χ0) is 15.2. The van der Waals surface area contributed by atoms with E-state index in [9.17, 15) is 9.59 Å². The highest BCUT2D eigenvalue weighted by Gasteiger charge is 2.31. The lowest BCUT2D eigenvalue weighted by atomic mass is 9.88. The van der Waals surface area contributed by atoms with Gasteiger partial charge in [-0.15, -0.1) is 11.8 Å². The molecule has 0 aliphatic carbocycles. The maximum absolute atomic E-state index is 11.7. The molecule has 1 amide bonds. The number of hydrogen-bond donors (Lipinski definition) is 2. The Balaban J connectivity index is 2.41. The lowest BCUT2D eigenvalue weighted by Crippen LogP contribution is -2.41. The molecule has 110 valence electrons. The molecular weight excluding hydrogens is 298 g/mol. The summed E-state index contributed by atoms with van der Waals surface area (Å²) in [7, 11) is 0. The molecule has 4 nitrogen and oxygen atoms in total. The fourth-order valence-corrected chi connectivity index (χ4v) is 2.23. The molecule has 0 saturated heterocycles. The van der Waals surface area contributed by atoms with Crippen LogP contribution >= 0.6 is 23.4 Å². The van der Waals surface area contributed by atoms with Crippen LogP contribution in [0.5, 0.6) is 0 Å². The molecule has 0 bridgehead atoms. The summed E-state index contributed by atoms with van der Waals surface area (Å²) < 4.78 is 0. The Morgan fingerprint density at radius 2 is 1.95 bits per heavy atom. The van der Waals surface area contributed by atoms with Crippen molar-refractivity contribution in [3.05, 3.63) is 29.3 Å². The molecule has 0 saturated carbocycles. The van der Waals surface area contributed by atoms with E-state index in [4.69, 9.17) is 16.7 Å². The molecule has 1 rings (SSSR count). The van der Waals surface area contributed by atoms with Gasteiger partial charge in [-0.3, -0.25) is 9.59 Å². The van der Waals surface area contributed by atoms with E-state index in [0.717, 1.165) is 4.90 Å². The molecule has 0 heterocycles. The Labute approximate surface area is 127 Å². The molecule has 0 aliphatic rings. The van der Waals surface area contributed by atoms with Gasteiger partial charge in [0.25, 0.3) is 0 Å². The van der Waals surface area contributed by atoms with Gasteiger partial charge in [-0.25, -0.2) is 0 Å². The third-order valence-electron chi connectivity index (χ3n) is 3.16. The first-order chi connectivity index (χ1) is 9.37. The van der Waals surface area contributed by atoms with Gasteiger partial charge in [-0.1, -0.05) is 18.5 Å². The molecule has 1 atom stereocenters. The summed E-state index contributed by atoms with van der Waals surface area (Å²) in [6.07, 6.45) is 0.465. The lowest BCUT2D eigenvalue weighted by Gasteiger charge is -2.23. The number of carboxylic acid groups (broad SMARTS) is 1. The van der Waals surface area contributed by atoms with E-state index in [2.05, 4.69) is 5.32 Å². The van der Waals surface area contributed by atoms with Gasteiger partial charge in [0.2, 0.25) is 5.91 Å². The predicted molar refractivity (Wildman–Crippen MR) is 81.2 cm³/mol. The SMILES string of the molecule is CCC(C)(CNC(=O)CSc1ccc(Cl)cc1)C(=O)O. The highest BCUT2D eigenvalue weighted by molar-refractivity contribution is 8.00. The number of carbonyl (C=O) groups is 2. The van der Waals surface area contributed by atoms with Crippen LogP contribution in [0.25, 0.3) is 0 Å². The van der Waals surface area contributed by atoms with E-state index >= 15 is 0 Å². The van der Waals surface area contributed by atoms with E-state index in [1.807, 2.05) is 12.1 Å². The molecule has 1 aromatic carbocycles. The van der Waals surface area contributed by atoms with Crippen LogP contribution in [0.2, 0.25) is 5.02 Å². The Bertz CT molecular complexity index is 478. The summed E-state index contributed by atoms with van der Waals surface area (Å²) in [5.74, 6) is -0.822. The first kappa shape index (κ1) is 16.9. The highest BCUT2D eigenvalue weighted by Crippen LogP contribution is 2.21. The number of rotatable bonds is 7. The maximum atomic E-state index is 11.7. The van der Waals surface area contributed by atoms with Crippen LogP contribution < -0.4 is 5.32 Å². The molecule has 6 heteroatoms. The highest BCUT2D eigenvalue weighted by atomic mass is 35.5. The first-order valence-electron chi connectivity index (χ1n) is 6.26. The van der Waals surface area contributed by atoms with Crippen LogP contribution in [0, 0.1) is 5.41 Å². The van der Waals surface area contributed by atoms with Crippen LogP contribution in [-0.2, 0) is 9.59 Å². The minimum absolute atomic E-state index is 0.138. The number of halogens is 1. The molecule has 20 heavy (non-hydrogen) atoms. The number of carboxylic acids is 1. The minimum Gasteiger partial charge on any atom is -0.481 e. The molecular formula is C14H18ClNO3S. The summed E-state index contributed by atoms with van der Waals surface area (Å²) in [6.45, 7) is 3.56. The van der Waals surface area contributed by atoms with Crippen molar-refractivity contribution in [2.45, 2.75) is 25.2 Å². The second-order valence-corrected chi connectivity index (χ2v) is 6.22. The van der Waals surface area contributed by atoms with Crippen molar-refractivity contribution in [1.29, 1.82) is 0 Å². The van der Waals surface area contributed by atoms with Gasteiger partial charge in [0.1, 0.15) is 0 Å². The number of benzene rings is 1. The van der Waals surface area contributed by atoms with E-state index in [0.29, 0.717) is 11.4 Å². The number of carbonyl (C=O) groups excluding carboxylic acids is 1. The summed E-state index contributed by atoms with van der Waals surface area (Å²) in [4.78, 5) is 23.8. The second-order valence-electron chi connectivity index (χ2n) is 4.74. The molecule has 1 aromatic rings. The third-order valence-corrected chi connectivity index (χ3v) is 4.42. The van der Waals surface area contributed by atoms with Crippen molar-refractivity contribution in [2.24, 2.45) is 5.41 Å². The molecule has 0 radical (unpaired) electrons. The third kappa shape index (κ3) is 5.06. The molecule has 0 aromatic heterocycles. The van der Waals surface area contributed by atoms with Crippen LogP contribution in [0.15, 0.2) is 29.2 Å². The van der Waals surface area contributed by atoms with Gasteiger partial charge >= 0.3 is 5.97 Å². The van der Waals surface area contributed by atoms with Gasteiger partial charge in [-0.2, -0.15) is 0 Å². The number of thioether (sulfide) groups is 1. The fraction of sp³-hybridized carbons (Fsp3) is 0.429. The summed E-state index contributed by atoms with van der Waals surface area (Å²) in [6, 6.07) is 7.21. The van der Waals surface area contributed by atoms with Gasteiger partial charge in [0.05, 0.1) is 11.2 Å². The molecule has 1 unspecified atom stereocenters. The van der Waals surface area contributed by atoms with Gasteiger partial charge in [0.15, 0.2) is 0 Å². The summed E-state index contributed by atoms with van der Waals surface area (Å²) in [5.41, 5.74) is -0.916. The number of hydrogen-bond acceptors (Lipinski definition) is 3.